The molecule has 0 saturated carbocycles. The van der Waals surface area contributed by atoms with Crippen LogP contribution in [-0.4, -0.2) is 30.6 Å². The van der Waals surface area contributed by atoms with Gasteiger partial charge in [0, 0.05) is 30.7 Å². The lowest BCUT2D eigenvalue weighted by Gasteiger charge is -2.35. The van der Waals surface area contributed by atoms with Crippen LogP contribution >= 0.6 is 0 Å². The number of nitrogens with zero attached hydrogens (tertiary/aromatic N) is 1. The van der Waals surface area contributed by atoms with E-state index in [1.165, 1.54) is 50.0 Å². The molecule has 1 aromatic carbocycles. The van der Waals surface area contributed by atoms with Crippen molar-refractivity contribution in [1.29, 1.82) is 0 Å². The van der Waals surface area contributed by atoms with E-state index in [-0.39, 0.29) is 0 Å². The van der Waals surface area contributed by atoms with Gasteiger partial charge in [0.05, 0.1) is 0 Å². The Kier molecular flexibility index (Phi) is 5.90. The van der Waals surface area contributed by atoms with Crippen molar-refractivity contribution in [2.75, 3.05) is 25.0 Å². The molecule has 0 bridgehead atoms. The number of hydrogen-bond acceptors (Lipinski definition) is 2. The lowest BCUT2D eigenvalue weighted by Crippen LogP contribution is -2.38. The van der Waals surface area contributed by atoms with Crippen molar-refractivity contribution >= 4 is 5.69 Å². The number of unbranched alkanes of at least 4 members (excludes halogenated alkanes) is 1. The minimum atomic E-state index is 0.693. The van der Waals surface area contributed by atoms with E-state index in [4.69, 9.17) is 0 Å². The largest absolute Gasteiger partial charge is 0.385 e. The molecule has 2 unspecified atom stereocenters. The van der Waals surface area contributed by atoms with E-state index in [2.05, 4.69) is 55.3 Å². The Morgan fingerprint density at radius 2 is 2.10 bits per heavy atom. The maximum Gasteiger partial charge on any atom is 0.0376 e. The van der Waals surface area contributed by atoms with Gasteiger partial charge in [-0.1, -0.05) is 38.5 Å². The van der Waals surface area contributed by atoms with Crippen LogP contribution in [0.25, 0.3) is 0 Å². The molecule has 1 heterocycles. The lowest BCUT2D eigenvalue weighted by molar-refractivity contribution is 0.186. The summed E-state index contributed by atoms with van der Waals surface area (Å²) < 4.78 is 0. The summed E-state index contributed by atoms with van der Waals surface area (Å²) in [6.45, 7) is 10.5. The van der Waals surface area contributed by atoms with Crippen LogP contribution in [0, 0.1) is 0 Å². The number of fused-ring (bicyclic) bond motifs is 1. The lowest BCUT2D eigenvalue weighted by atomic mass is 9.90. The standard InChI is InChI=1S/C18H30N2/c1-4-6-13-20(15(3)5-2)14-16-11-12-19-18-10-8-7-9-17(16)18/h7-10,15-16,19H,4-6,11-14H2,1-3H3. The Bertz CT molecular complexity index is 402. The molecular weight excluding hydrogens is 244 g/mol. The average molecular weight is 274 g/mol. The van der Waals surface area contributed by atoms with Gasteiger partial charge in [0.25, 0.3) is 0 Å². The zero-order chi connectivity index (χ0) is 14.4. The molecule has 1 aromatic rings. The number of hydrogen-bond donors (Lipinski definition) is 1. The van der Waals surface area contributed by atoms with Crippen LogP contribution in [0.3, 0.4) is 0 Å². The maximum absolute atomic E-state index is 3.53. The van der Waals surface area contributed by atoms with Gasteiger partial charge in [0.15, 0.2) is 0 Å². The Morgan fingerprint density at radius 3 is 2.85 bits per heavy atom. The third-order valence-electron chi connectivity index (χ3n) is 4.68. The summed E-state index contributed by atoms with van der Waals surface area (Å²) in [4.78, 5) is 2.70. The van der Waals surface area contributed by atoms with E-state index in [9.17, 15) is 0 Å². The van der Waals surface area contributed by atoms with Gasteiger partial charge in [-0.3, -0.25) is 0 Å². The van der Waals surface area contributed by atoms with Crippen LogP contribution < -0.4 is 5.32 Å². The van der Waals surface area contributed by atoms with Crippen molar-refractivity contribution in [2.24, 2.45) is 0 Å². The summed E-state index contributed by atoms with van der Waals surface area (Å²) in [6.07, 6.45) is 5.11. The Morgan fingerprint density at radius 1 is 1.30 bits per heavy atom. The van der Waals surface area contributed by atoms with Crippen LogP contribution in [0.5, 0.6) is 0 Å². The number of anilines is 1. The molecule has 2 heteroatoms. The fourth-order valence-corrected chi connectivity index (χ4v) is 3.13. The first kappa shape index (κ1) is 15.4. The molecular formula is C18H30N2. The maximum atomic E-state index is 3.53. The van der Waals surface area contributed by atoms with E-state index >= 15 is 0 Å². The Balaban J connectivity index is 2.07. The second-order valence-electron chi connectivity index (χ2n) is 6.11. The zero-order valence-corrected chi connectivity index (χ0v) is 13.4. The second-order valence-corrected chi connectivity index (χ2v) is 6.11. The van der Waals surface area contributed by atoms with Gasteiger partial charge < -0.3 is 10.2 Å². The normalized spacial score (nSPS) is 19.5. The molecule has 0 aromatic heterocycles. The fourth-order valence-electron chi connectivity index (χ4n) is 3.13. The first-order valence-corrected chi connectivity index (χ1v) is 8.33. The van der Waals surface area contributed by atoms with Crippen molar-refractivity contribution in [3.05, 3.63) is 29.8 Å². The van der Waals surface area contributed by atoms with Crippen LogP contribution in [0.15, 0.2) is 24.3 Å². The molecule has 0 fully saturated rings. The molecule has 0 spiro atoms. The molecule has 1 N–H and O–H groups in total. The topological polar surface area (TPSA) is 15.3 Å². The molecule has 1 aliphatic heterocycles. The third kappa shape index (κ3) is 3.76. The van der Waals surface area contributed by atoms with Gasteiger partial charge in [-0.2, -0.15) is 0 Å². The molecule has 20 heavy (non-hydrogen) atoms. The summed E-state index contributed by atoms with van der Waals surface area (Å²) in [5.41, 5.74) is 2.87. The van der Waals surface area contributed by atoms with Crippen molar-refractivity contribution in [3.63, 3.8) is 0 Å². The third-order valence-corrected chi connectivity index (χ3v) is 4.68. The minimum Gasteiger partial charge on any atom is -0.385 e. The summed E-state index contributed by atoms with van der Waals surface area (Å²) in [5, 5.41) is 3.53. The monoisotopic (exact) mass is 274 g/mol. The number of nitrogens with one attached hydrogen (secondary N) is 1. The SMILES string of the molecule is CCCCN(CC1CCNc2ccccc21)C(C)CC. The van der Waals surface area contributed by atoms with Gasteiger partial charge in [-0.15, -0.1) is 0 Å². The summed E-state index contributed by atoms with van der Waals surface area (Å²) in [6, 6.07) is 9.54. The molecule has 0 saturated heterocycles. The quantitative estimate of drug-likeness (QED) is 0.788. The van der Waals surface area contributed by atoms with E-state index in [0.29, 0.717) is 12.0 Å². The predicted octanol–water partition coefficient (Wildman–Crippen LogP) is 4.49. The molecule has 2 nitrogen and oxygen atoms in total. The molecule has 1 aliphatic rings. The molecule has 0 aliphatic carbocycles. The molecule has 2 rings (SSSR count). The van der Waals surface area contributed by atoms with Crippen LogP contribution in [0.1, 0.15) is 57.9 Å². The van der Waals surface area contributed by atoms with E-state index in [1.807, 2.05) is 0 Å². The van der Waals surface area contributed by atoms with Gasteiger partial charge in [0.2, 0.25) is 0 Å². The van der Waals surface area contributed by atoms with Crippen molar-refractivity contribution in [2.45, 2.75) is 58.4 Å². The van der Waals surface area contributed by atoms with Crippen molar-refractivity contribution < 1.29 is 0 Å². The summed E-state index contributed by atoms with van der Waals surface area (Å²) in [5.74, 6) is 0.693. The van der Waals surface area contributed by atoms with Crippen LogP contribution in [0.2, 0.25) is 0 Å². The number of rotatable bonds is 7. The minimum absolute atomic E-state index is 0.693. The molecule has 0 radical (unpaired) electrons. The number of benzene rings is 1. The van der Waals surface area contributed by atoms with Crippen molar-refractivity contribution in [1.82, 2.24) is 4.90 Å². The Hall–Kier alpha value is -1.02. The van der Waals surface area contributed by atoms with Gasteiger partial charge in [-0.25, -0.2) is 0 Å². The molecule has 0 amide bonds. The highest BCUT2D eigenvalue weighted by Gasteiger charge is 2.23. The highest BCUT2D eigenvalue weighted by atomic mass is 15.1. The summed E-state index contributed by atoms with van der Waals surface area (Å²) >= 11 is 0. The highest BCUT2D eigenvalue weighted by Crippen LogP contribution is 2.32. The second kappa shape index (κ2) is 7.68. The predicted molar refractivity (Wildman–Crippen MR) is 88.5 cm³/mol. The first-order chi connectivity index (χ1) is 9.76. The van der Waals surface area contributed by atoms with E-state index < -0.39 is 0 Å². The molecule has 112 valence electrons. The van der Waals surface area contributed by atoms with Gasteiger partial charge in [-0.05, 0) is 44.4 Å². The van der Waals surface area contributed by atoms with Gasteiger partial charge in [0.1, 0.15) is 0 Å². The van der Waals surface area contributed by atoms with E-state index in [1.54, 1.807) is 0 Å². The zero-order valence-electron chi connectivity index (χ0n) is 13.4. The fraction of sp³-hybridized carbons (Fsp3) is 0.667. The first-order valence-electron chi connectivity index (χ1n) is 8.33. The van der Waals surface area contributed by atoms with Gasteiger partial charge >= 0.3 is 0 Å². The van der Waals surface area contributed by atoms with Crippen LogP contribution in [0.4, 0.5) is 5.69 Å². The average Bonchev–Trinajstić information content (AvgIpc) is 2.50. The van der Waals surface area contributed by atoms with Crippen LogP contribution in [-0.2, 0) is 0 Å². The van der Waals surface area contributed by atoms with E-state index in [0.717, 1.165) is 6.54 Å². The highest BCUT2D eigenvalue weighted by molar-refractivity contribution is 5.54. The Labute approximate surface area is 124 Å². The number of para-hydroxylation sites is 1. The smallest absolute Gasteiger partial charge is 0.0376 e. The van der Waals surface area contributed by atoms with Crippen molar-refractivity contribution in [3.8, 4) is 0 Å². The summed E-state index contributed by atoms with van der Waals surface area (Å²) in [7, 11) is 0. The molecule has 2 atom stereocenters.